The summed E-state index contributed by atoms with van der Waals surface area (Å²) >= 11 is 0. The second kappa shape index (κ2) is 5.67. The first-order valence-corrected chi connectivity index (χ1v) is 4.52. The smallest absolute Gasteiger partial charge is 0.248 e. The Kier molecular flexibility index (Phi) is 4.23. The van der Waals surface area contributed by atoms with Gasteiger partial charge < -0.3 is 20.3 Å². The van der Waals surface area contributed by atoms with E-state index in [1.54, 1.807) is 24.3 Å². The Hall–Kier alpha value is -2.14. The van der Waals surface area contributed by atoms with Crippen molar-refractivity contribution < 1.29 is 19.8 Å². The summed E-state index contributed by atoms with van der Waals surface area (Å²) < 4.78 is 0. The van der Waals surface area contributed by atoms with Crippen molar-refractivity contribution in [2.45, 2.75) is 6.61 Å². The van der Waals surface area contributed by atoms with E-state index in [1.807, 2.05) is 0 Å². The fourth-order valence-electron chi connectivity index (χ4n) is 1.10. The molecule has 0 aliphatic rings. The average Bonchev–Trinajstić information content (AvgIpc) is 2.27. The number of aliphatic carboxylic acids is 1. The van der Waals surface area contributed by atoms with Crippen molar-refractivity contribution in [2.75, 3.05) is 5.32 Å². The molecule has 84 valence electrons. The molecule has 0 bridgehead atoms. The van der Waals surface area contributed by atoms with E-state index >= 15 is 0 Å². The van der Waals surface area contributed by atoms with Gasteiger partial charge in [-0.2, -0.15) is 0 Å². The Balaban J connectivity index is 2.73. The van der Waals surface area contributed by atoms with E-state index in [4.69, 9.17) is 5.11 Å². The first-order chi connectivity index (χ1) is 7.63. The number of hydrogen-bond donors (Lipinski definition) is 2. The summed E-state index contributed by atoms with van der Waals surface area (Å²) in [7, 11) is 0. The van der Waals surface area contributed by atoms with Crippen LogP contribution in [0.2, 0.25) is 0 Å². The van der Waals surface area contributed by atoms with Gasteiger partial charge in [-0.3, -0.25) is 4.79 Å². The van der Waals surface area contributed by atoms with Gasteiger partial charge in [0.05, 0.1) is 12.6 Å². The van der Waals surface area contributed by atoms with Crippen molar-refractivity contribution in [3.05, 3.63) is 42.0 Å². The standard InChI is InChI=1S/C11H11NO4/c13-7-8-3-1-2-4-9(8)12-10(14)5-6-11(15)16/h1-6,13H,7H2,(H,12,14)(H,15,16)/p-1. The molecule has 1 aromatic carbocycles. The van der Waals surface area contributed by atoms with Crippen LogP contribution < -0.4 is 10.4 Å². The second-order valence-electron chi connectivity index (χ2n) is 2.96. The zero-order chi connectivity index (χ0) is 12.0. The number of aliphatic hydroxyl groups excluding tert-OH is 1. The number of carbonyl (C=O) groups excluding carboxylic acids is 2. The Bertz CT molecular complexity index is 426. The zero-order valence-corrected chi connectivity index (χ0v) is 8.34. The summed E-state index contributed by atoms with van der Waals surface area (Å²) in [6, 6.07) is 6.67. The number of carboxylic acids is 1. The van der Waals surface area contributed by atoms with Gasteiger partial charge in [0.15, 0.2) is 0 Å². The lowest BCUT2D eigenvalue weighted by Gasteiger charge is -2.06. The highest BCUT2D eigenvalue weighted by Gasteiger charge is 2.02. The number of anilines is 1. The van der Waals surface area contributed by atoms with E-state index in [2.05, 4.69) is 5.32 Å². The molecule has 1 aromatic rings. The molecular formula is C11H10NO4-. The van der Waals surface area contributed by atoms with Crippen LogP contribution in [0.3, 0.4) is 0 Å². The van der Waals surface area contributed by atoms with Gasteiger partial charge in [0, 0.05) is 17.3 Å². The van der Waals surface area contributed by atoms with E-state index in [0.717, 1.165) is 6.08 Å². The third kappa shape index (κ3) is 3.55. The topological polar surface area (TPSA) is 89.5 Å². The van der Waals surface area contributed by atoms with Crippen molar-refractivity contribution in [1.82, 2.24) is 0 Å². The van der Waals surface area contributed by atoms with Crippen molar-refractivity contribution in [2.24, 2.45) is 0 Å². The highest BCUT2D eigenvalue weighted by molar-refractivity contribution is 6.02. The van der Waals surface area contributed by atoms with Crippen LogP contribution in [0, 0.1) is 0 Å². The van der Waals surface area contributed by atoms with Crippen LogP contribution in [0.4, 0.5) is 5.69 Å². The molecule has 0 unspecified atom stereocenters. The van der Waals surface area contributed by atoms with Crippen LogP contribution in [-0.4, -0.2) is 17.0 Å². The molecule has 0 heterocycles. The minimum atomic E-state index is -1.44. The number of carboxylic acid groups (broad SMARTS) is 1. The number of amides is 1. The molecule has 5 nitrogen and oxygen atoms in total. The van der Waals surface area contributed by atoms with Crippen LogP contribution in [0.15, 0.2) is 36.4 Å². The maximum absolute atomic E-state index is 11.2. The number of nitrogens with one attached hydrogen (secondary N) is 1. The second-order valence-corrected chi connectivity index (χ2v) is 2.96. The summed E-state index contributed by atoms with van der Waals surface area (Å²) in [6.45, 7) is -0.208. The minimum absolute atomic E-state index is 0.208. The van der Waals surface area contributed by atoms with Crippen molar-refractivity contribution >= 4 is 17.6 Å². The van der Waals surface area contributed by atoms with Crippen LogP contribution in [0.1, 0.15) is 5.56 Å². The molecule has 0 aliphatic carbocycles. The molecule has 0 saturated carbocycles. The van der Waals surface area contributed by atoms with Crippen molar-refractivity contribution in [3.63, 3.8) is 0 Å². The van der Waals surface area contributed by atoms with Gasteiger partial charge in [0.2, 0.25) is 5.91 Å². The molecule has 2 N–H and O–H groups in total. The number of rotatable bonds is 4. The molecule has 1 rings (SSSR count). The summed E-state index contributed by atoms with van der Waals surface area (Å²) in [4.78, 5) is 21.3. The van der Waals surface area contributed by atoms with Gasteiger partial charge in [0.25, 0.3) is 0 Å². The summed E-state index contributed by atoms with van der Waals surface area (Å²) in [5.41, 5.74) is 0.996. The maximum Gasteiger partial charge on any atom is 0.248 e. The Morgan fingerprint density at radius 2 is 2.00 bits per heavy atom. The molecule has 0 saturated heterocycles. The highest BCUT2D eigenvalue weighted by Crippen LogP contribution is 2.14. The predicted molar refractivity (Wildman–Crippen MR) is 55.1 cm³/mol. The Morgan fingerprint density at radius 1 is 1.31 bits per heavy atom. The molecule has 0 fully saturated rings. The van der Waals surface area contributed by atoms with E-state index in [9.17, 15) is 14.7 Å². The average molecular weight is 220 g/mol. The van der Waals surface area contributed by atoms with Crippen LogP contribution in [0.5, 0.6) is 0 Å². The Labute approximate surface area is 92.0 Å². The molecule has 0 aromatic heterocycles. The van der Waals surface area contributed by atoms with Crippen LogP contribution >= 0.6 is 0 Å². The minimum Gasteiger partial charge on any atom is -0.545 e. The van der Waals surface area contributed by atoms with Gasteiger partial charge in [0.1, 0.15) is 0 Å². The van der Waals surface area contributed by atoms with Gasteiger partial charge in [-0.25, -0.2) is 0 Å². The molecule has 16 heavy (non-hydrogen) atoms. The highest BCUT2D eigenvalue weighted by atomic mass is 16.4. The molecule has 1 amide bonds. The first-order valence-electron chi connectivity index (χ1n) is 4.52. The van der Waals surface area contributed by atoms with Crippen molar-refractivity contribution in [1.29, 1.82) is 0 Å². The summed E-state index contributed by atoms with van der Waals surface area (Å²) in [5.74, 6) is -2.03. The molecular weight excluding hydrogens is 210 g/mol. The number of para-hydroxylation sites is 1. The predicted octanol–water partition coefficient (Wildman–Crippen LogP) is -0.577. The van der Waals surface area contributed by atoms with E-state index in [0.29, 0.717) is 17.3 Å². The largest absolute Gasteiger partial charge is 0.545 e. The first kappa shape index (κ1) is 11.9. The lowest BCUT2D eigenvalue weighted by Crippen LogP contribution is -2.20. The molecule has 0 radical (unpaired) electrons. The molecule has 0 atom stereocenters. The van der Waals surface area contributed by atoms with Gasteiger partial charge in [-0.1, -0.05) is 18.2 Å². The lowest BCUT2D eigenvalue weighted by molar-refractivity contribution is -0.297. The fraction of sp³-hybridized carbons (Fsp3) is 0.0909. The van der Waals surface area contributed by atoms with Gasteiger partial charge in [-0.15, -0.1) is 0 Å². The molecule has 0 spiro atoms. The third-order valence-corrected chi connectivity index (χ3v) is 1.82. The zero-order valence-electron chi connectivity index (χ0n) is 8.34. The quantitative estimate of drug-likeness (QED) is 0.664. The lowest BCUT2D eigenvalue weighted by atomic mass is 10.2. The van der Waals surface area contributed by atoms with E-state index in [1.165, 1.54) is 0 Å². The number of hydrogen-bond acceptors (Lipinski definition) is 4. The Morgan fingerprint density at radius 3 is 2.62 bits per heavy atom. The summed E-state index contributed by atoms with van der Waals surface area (Å²) in [6.07, 6.45) is 1.49. The molecule has 0 aliphatic heterocycles. The number of aliphatic hydroxyl groups is 1. The monoisotopic (exact) mass is 220 g/mol. The van der Waals surface area contributed by atoms with E-state index in [-0.39, 0.29) is 6.61 Å². The maximum atomic E-state index is 11.2. The van der Waals surface area contributed by atoms with Crippen molar-refractivity contribution in [3.8, 4) is 0 Å². The normalized spacial score (nSPS) is 10.3. The van der Waals surface area contributed by atoms with E-state index < -0.39 is 11.9 Å². The van der Waals surface area contributed by atoms with Gasteiger partial charge >= 0.3 is 0 Å². The summed E-state index contributed by atoms with van der Waals surface area (Å²) in [5, 5.41) is 21.5. The van der Waals surface area contributed by atoms with Crippen LogP contribution in [0.25, 0.3) is 0 Å². The number of carbonyl (C=O) groups is 2. The van der Waals surface area contributed by atoms with Crippen LogP contribution in [-0.2, 0) is 16.2 Å². The number of benzene rings is 1. The SMILES string of the molecule is O=C([O-])C=CC(=O)Nc1ccccc1CO. The van der Waals surface area contributed by atoms with Gasteiger partial charge in [-0.05, 0) is 12.1 Å². The third-order valence-electron chi connectivity index (χ3n) is 1.82. The fourth-order valence-corrected chi connectivity index (χ4v) is 1.10. The molecule has 5 heteroatoms.